The molecule has 0 unspecified atom stereocenters. The van der Waals surface area contributed by atoms with Crippen molar-refractivity contribution in [2.45, 2.75) is 31.4 Å². The first-order chi connectivity index (χ1) is 9.46. The molecule has 4 nitrogen and oxygen atoms in total. The largest absolute Gasteiger partial charge is 0.302 e. The Morgan fingerprint density at radius 3 is 2.30 bits per heavy atom. The van der Waals surface area contributed by atoms with Gasteiger partial charge in [-0.3, -0.25) is 0 Å². The molecular formula is C15H17NO3S. The molecule has 1 aromatic carbocycles. The second kappa shape index (κ2) is 5.02. The molecule has 0 spiro atoms. The van der Waals surface area contributed by atoms with Gasteiger partial charge in [0.1, 0.15) is 11.7 Å². The lowest BCUT2D eigenvalue weighted by Crippen LogP contribution is -2.17. The van der Waals surface area contributed by atoms with Gasteiger partial charge in [0.05, 0.1) is 11.3 Å². The van der Waals surface area contributed by atoms with Crippen LogP contribution in [0.5, 0.6) is 0 Å². The molecule has 1 aromatic rings. The number of carbonyl (C=O) groups is 1. The number of sulfone groups is 1. The molecule has 0 bridgehead atoms. The highest BCUT2D eigenvalue weighted by molar-refractivity contribution is 7.92. The predicted octanol–water partition coefficient (Wildman–Crippen LogP) is 1.86. The fraction of sp³-hybridized carbons (Fsp3) is 0.467. The minimum Gasteiger partial charge on any atom is -0.302 e. The Morgan fingerprint density at radius 1 is 1.30 bits per heavy atom. The number of hydrogen-bond donors (Lipinski definition) is 0. The Morgan fingerprint density at radius 2 is 1.90 bits per heavy atom. The fourth-order valence-electron chi connectivity index (χ4n) is 2.77. The highest BCUT2D eigenvalue weighted by Crippen LogP contribution is 2.61. The van der Waals surface area contributed by atoms with E-state index in [9.17, 15) is 18.5 Å². The monoisotopic (exact) mass is 291 g/mol. The second-order valence-electron chi connectivity index (χ2n) is 5.11. The quantitative estimate of drug-likeness (QED) is 0.776. The van der Waals surface area contributed by atoms with Crippen LogP contribution in [-0.2, 0) is 21.1 Å². The molecule has 1 fully saturated rings. The third-order valence-electron chi connectivity index (χ3n) is 4.10. The molecule has 20 heavy (non-hydrogen) atoms. The van der Waals surface area contributed by atoms with E-state index in [0.29, 0.717) is 6.29 Å². The molecule has 0 heterocycles. The number of rotatable bonds is 5. The van der Waals surface area contributed by atoms with Crippen molar-refractivity contribution in [3.8, 4) is 6.07 Å². The average molecular weight is 291 g/mol. The van der Waals surface area contributed by atoms with Gasteiger partial charge in [0.15, 0.2) is 9.84 Å². The zero-order valence-electron chi connectivity index (χ0n) is 11.5. The van der Waals surface area contributed by atoms with Crippen molar-refractivity contribution in [1.29, 1.82) is 5.26 Å². The highest BCUT2D eigenvalue weighted by Gasteiger charge is 2.72. The zero-order valence-corrected chi connectivity index (χ0v) is 12.4. The third-order valence-corrected chi connectivity index (χ3v) is 6.34. The molecule has 106 valence electrons. The molecule has 0 saturated heterocycles. The molecule has 1 aliphatic carbocycles. The maximum absolute atomic E-state index is 12.1. The first-order valence-electron chi connectivity index (χ1n) is 6.64. The fourth-order valence-corrected chi connectivity index (χ4v) is 4.70. The van der Waals surface area contributed by atoms with E-state index in [2.05, 4.69) is 0 Å². The van der Waals surface area contributed by atoms with Crippen LogP contribution in [0.3, 0.4) is 0 Å². The Kier molecular flexibility index (Phi) is 3.70. The number of hydrogen-bond acceptors (Lipinski definition) is 4. The Labute approximate surface area is 119 Å². The van der Waals surface area contributed by atoms with E-state index < -0.39 is 26.4 Å². The first kappa shape index (κ1) is 14.7. The summed E-state index contributed by atoms with van der Waals surface area (Å²) in [5, 5.41) is 8.37. The molecule has 5 heteroatoms. The lowest BCUT2D eigenvalue weighted by Gasteiger charge is -2.02. The van der Waals surface area contributed by atoms with Crippen molar-refractivity contribution in [1.82, 2.24) is 0 Å². The summed E-state index contributed by atoms with van der Waals surface area (Å²) in [7, 11) is -3.42. The molecule has 0 aliphatic heterocycles. The van der Waals surface area contributed by atoms with Crippen molar-refractivity contribution >= 4 is 16.1 Å². The van der Waals surface area contributed by atoms with E-state index in [1.165, 1.54) is 6.92 Å². The van der Waals surface area contributed by atoms with Crippen LogP contribution in [0.4, 0.5) is 0 Å². The normalized spacial score (nSPS) is 28.6. The van der Waals surface area contributed by atoms with Crippen LogP contribution >= 0.6 is 0 Å². The predicted molar refractivity (Wildman–Crippen MR) is 75.9 cm³/mol. The smallest absolute Gasteiger partial charge is 0.155 e. The van der Waals surface area contributed by atoms with Crippen molar-refractivity contribution in [3.63, 3.8) is 0 Å². The summed E-state index contributed by atoms with van der Waals surface area (Å²) in [5.41, 5.74) is 0.471. The average Bonchev–Trinajstić information content (AvgIpc) is 3.18. The van der Waals surface area contributed by atoms with Crippen LogP contribution in [0.2, 0.25) is 0 Å². The van der Waals surface area contributed by atoms with Crippen LogP contribution in [0.15, 0.2) is 24.3 Å². The summed E-state index contributed by atoms with van der Waals surface area (Å²) in [5.74, 6) is -0.598. The highest BCUT2D eigenvalue weighted by atomic mass is 32.2. The van der Waals surface area contributed by atoms with Gasteiger partial charge >= 0.3 is 0 Å². The van der Waals surface area contributed by atoms with E-state index in [-0.39, 0.29) is 5.75 Å². The van der Waals surface area contributed by atoms with Crippen LogP contribution in [0, 0.1) is 16.7 Å². The standard InChI is InChI=1S/C15H17NO3S/c1-3-11-5-7-12(8-6-11)13-14(20(18,19)4-2)15(13,9-16)10-17/h5-8,10,13-14H,3-4H2,1-2H3/t13-,14+,15-/m1/s1. The Balaban J connectivity index is 2.44. The van der Waals surface area contributed by atoms with Crippen LogP contribution in [0.1, 0.15) is 30.9 Å². The van der Waals surface area contributed by atoms with E-state index in [0.717, 1.165) is 17.5 Å². The molecular weight excluding hydrogens is 274 g/mol. The summed E-state index contributed by atoms with van der Waals surface area (Å²) >= 11 is 0. The molecule has 3 atom stereocenters. The van der Waals surface area contributed by atoms with E-state index in [4.69, 9.17) is 0 Å². The van der Waals surface area contributed by atoms with E-state index in [1.54, 1.807) is 0 Å². The summed E-state index contributed by atoms with van der Waals surface area (Å²) in [6.45, 7) is 3.57. The summed E-state index contributed by atoms with van der Waals surface area (Å²) in [4.78, 5) is 11.3. The molecule has 0 N–H and O–H groups in total. The summed E-state index contributed by atoms with van der Waals surface area (Å²) in [6, 6.07) is 9.40. The van der Waals surface area contributed by atoms with Crippen molar-refractivity contribution in [2.75, 3.05) is 5.75 Å². The number of nitriles is 1. The van der Waals surface area contributed by atoms with Crippen molar-refractivity contribution in [2.24, 2.45) is 5.41 Å². The maximum atomic E-state index is 12.1. The molecule has 2 rings (SSSR count). The molecule has 0 amide bonds. The molecule has 0 aromatic heterocycles. The Hall–Kier alpha value is -1.67. The third kappa shape index (κ3) is 2.04. The summed E-state index contributed by atoms with van der Waals surface area (Å²) < 4.78 is 24.2. The second-order valence-corrected chi connectivity index (χ2v) is 7.52. The van der Waals surface area contributed by atoms with Crippen LogP contribution in [0.25, 0.3) is 0 Å². The van der Waals surface area contributed by atoms with Crippen molar-refractivity contribution < 1.29 is 13.2 Å². The number of aldehydes is 1. The molecule has 1 saturated carbocycles. The van der Waals surface area contributed by atoms with E-state index >= 15 is 0 Å². The number of carbonyl (C=O) groups excluding carboxylic acids is 1. The van der Waals surface area contributed by atoms with Gasteiger partial charge in [0.25, 0.3) is 0 Å². The Bertz CT molecular complexity index is 657. The van der Waals surface area contributed by atoms with Gasteiger partial charge < -0.3 is 4.79 Å². The zero-order chi connectivity index (χ0) is 15.0. The number of aryl methyl sites for hydroxylation is 1. The van der Waals surface area contributed by atoms with Gasteiger partial charge in [-0.15, -0.1) is 0 Å². The van der Waals surface area contributed by atoms with Crippen LogP contribution < -0.4 is 0 Å². The molecule has 0 radical (unpaired) electrons. The lowest BCUT2D eigenvalue weighted by atomic mass is 10.0. The summed E-state index contributed by atoms with van der Waals surface area (Å²) in [6.07, 6.45) is 1.39. The van der Waals surface area contributed by atoms with Gasteiger partial charge in [-0.1, -0.05) is 38.1 Å². The topological polar surface area (TPSA) is 75.0 Å². The van der Waals surface area contributed by atoms with Crippen LogP contribution in [-0.4, -0.2) is 25.7 Å². The van der Waals surface area contributed by atoms with Gasteiger partial charge in [-0.05, 0) is 17.5 Å². The number of benzene rings is 1. The minimum atomic E-state index is -3.42. The SMILES string of the molecule is CCc1ccc([C@@H]2[C@H](S(=O)(=O)CC)[C@]2(C#N)C=O)cc1. The lowest BCUT2D eigenvalue weighted by molar-refractivity contribution is -0.110. The van der Waals surface area contributed by atoms with Crippen molar-refractivity contribution in [3.05, 3.63) is 35.4 Å². The maximum Gasteiger partial charge on any atom is 0.155 e. The van der Waals surface area contributed by atoms with Gasteiger partial charge in [-0.25, -0.2) is 8.42 Å². The first-order valence-corrected chi connectivity index (χ1v) is 8.36. The van der Waals surface area contributed by atoms with Gasteiger partial charge in [-0.2, -0.15) is 5.26 Å². The minimum absolute atomic E-state index is 0.0571. The van der Waals surface area contributed by atoms with E-state index in [1.807, 2.05) is 37.3 Å². The van der Waals surface area contributed by atoms with Gasteiger partial charge in [0.2, 0.25) is 0 Å². The molecule has 1 aliphatic rings. The number of nitrogens with zero attached hydrogens (tertiary/aromatic N) is 1. The van der Waals surface area contributed by atoms with Gasteiger partial charge in [0, 0.05) is 11.7 Å².